The minimum absolute atomic E-state index is 0.0545. The van der Waals surface area contributed by atoms with Crippen LogP contribution in [0.4, 0.5) is 0 Å². The van der Waals surface area contributed by atoms with Crippen molar-refractivity contribution in [2.45, 2.75) is 46.6 Å². The summed E-state index contributed by atoms with van der Waals surface area (Å²) in [7, 11) is 0. The quantitative estimate of drug-likeness (QED) is 0.780. The number of ether oxygens (including phenoxy) is 1. The second-order valence-electron chi connectivity index (χ2n) is 6.33. The first-order chi connectivity index (χ1) is 10.7. The van der Waals surface area contributed by atoms with E-state index in [0.29, 0.717) is 16.9 Å². The maximum atomic E-state index is 12.4. The highest BCUT2D eigenvalue weighted by Gasteiger charge is 2.32. The number of allylic oxidation sites excluding steroid dienone is 1. The molecule has 4 heteroatoms. The minimum Gasteiger partial charge on any atom is -0.490 e. The molecular formula is C19H22O4. The van der Waals surface area contributed by atoms with Gasteiger partial charge in [-0.05, 0) is 32.3 Å². The minimum atomic E-state index is -0.580. The molecule has 1 aromatic carbocycles. The van der Waals surface area contributed by atoms with Crippen molar-refractivity contribution in [2.24, 2.45) is 5.92 Å². The van der Waals surface area contributed by atoms with Gasteiger partial charge in [0.25, 0.3) is 0 Å². The average molecular weight is 314 g/mol. The molecule has 0 aromatic heterocycles. The first-order valence-corrected chi connectivity index (χ1v) is 7.84. The standard InChI is InChI=1S/C19H22O4/c1-10(2)23-17-9-16(21)19(22)18-14(7-6-8-15(17)18)12(4)11(3)13(5)20/h6-12H,1-5H3. The number of carbonyl (C=O) groups is 3. The third-order valence-corrected chi connectivity index (χ3v) is 4.32. The number of hydrogen-bond donors (Lipinski definition) is 0. The van der Waals surface area contributed by atoms with Crippen molar-refractivity contribution in [1.29, 1.82) is 0 Å². The normalized spacial score (nSPS) is 16.7. The van der Waals surface area contributed by atoms with E-state index in [4.69, 9.17) is 4.74 Å². The number of rotatable bonds is 5. The highest BCUT2D eigenvalue weighted by molar-refractivity contribution is 6.50. The first-order valence-electron chi connectivity index (χ1n) is 7.84. The molecular weight excluding hydrogens is 292 g/mol. The predicted octanol–water partition coefficient (Wildman–Crippen LogP) is 3.55. The van der Waals surface area contributed by atoms with E-state index in [2.05, 4.69) is 0 Å². The highest BCUT2D eigenvalue weighted by atomic mass is 16.5. The van der Waals surface area contributed by atoms with E-state index in [1.54, 1.807) is 6.07 Å². The lowest BCUT2D eigenvalue weighted by atomic mass is 9.79. The van der Waals surface area contributed by atoms with E-state index in [9.17, 15) is 14.4 Å². The number of Topliss-reactive ketones (excluding diaryl/α,β-unsaturated/α-hetero) is 2. The molecule has 23 heavy (non-hydrogen) atoms. The maximum absolute atomic E-state index is 12.4. The smallest absolute Gasteiger partial charge is 0.234 e. The summed E-state index contributed by atoms with van der Waals surface area (Å²) in [6.07, 6.45) is 1.15. The van der Waals surface area contributed by atoms with Gasteiger partial charge in [-0.15, -0.1) is 0 Å². The van der Waals surface area contributed by atoms with Crippen molar-refractivity contribution in [3.05, 3.63) is 41.0 Å². The largest absolute Gasteiger partial charge is 0.490 e. The summed E-state index contributed by atoms with van der Waals surface area (Å²) in [5, 5.41) is 0. The van der Waals surface area contributed by atoms with Crippen LogP contribution in [-0.4, -0.2) is 23.5 Å². The Hall–Kier alpha value is -2.23. The Labute approximate surface area is 136 Å². The van der Waals surface area contributed by atoms with E-state index >= 15 is 0 Å². The lowest BCUT2D eigenvalue weighted by Gasteiger charge is -2.25. The van der Waals surface area contributed by atoms with Crippen LogP contribution >= 0.6 is 0 Å². The fourth-order valence-electron chi connectivity index (χ4n) is 2.77. The summed E-state index contributed by atoms with van der Waals surface area (Å²) >= 11 is 0. The average Bonchev–Trinajstić information content (AvgIpc) is 2.49. The van der Waals surface area contributed by atoms with E-state index in [-0.39, 0.29) is 23.7 Å². The van der Waals surface area contributed by atoms with Crippen molar-refractivity contribution < 1.29 is 19.1 Å². The molecule has 0 spiro atoms. The Morgan fingerprint density at radius 3 is 2.30 bits per heavy atom. The summed E-state index contributed by atoms with van der Waals surface area (Å²) in [6, 6.07) is 5.42. The van der Waals surface area contributed by atoms with Gasteiger partial charge in [0.2, 0.25) is 11.6 Å². The van der Waals surface area contributed by atoms with Crippen LogP contribution in [0.5, 0.6) is 0 Å². The van der Waals surface area contributed by atoms with Gasteiger partial charge in [-0.1, -0.05) is 32.0 Å². The van der Waals surface area contributed by atoms with Crippen molar-refractivity contribution in [3.63, 3.8) is 0 Å². The molecule has 1 aliphatic rings. The van der Waals surface area contributed by atoms with Crippen LogP contribution in [0.15, 0.2) is 24.3 Å². The molecule has 1 aliphatic carbocycles. The van der Waals surface area contributed by atoms with Crippen LogP contribution in [0.1, 0.15) is 62.0 Å². The lowest BCUT2D eigenvalue weighted by molar-refractivity contribution is -0.120. The van der Waals surface area contributed by atoms with Gasteiger partial charge in [0.15, 0.2) is 0 Å². The predicted molar refractivity (Wildman–Crippen MR) is 88.2 cm³/mol. The van der Waals surface area contributed by atoms with E-state index in [1.165, 1.54) is 13.0 Å². The molecule has 2 unspecified atom stereocenters. The summed E-state index contributed by atoms with van der Waals surface area (Å²) in [5.74, 6) is -1.03. The molecule has 0 bridgehead atoms. The molecule has 0 aliphatic heterocycles. The molecule has 0 N–H and O–H groups in total. The van der Waals surface area contributed by atoms with Gasteiger partial charge < -0.3 is 4.74 Å². The fourth-order valence-corrected chi connectivity index (χ4v) is 2.77. The Balaban J connectivity index is 2.59. The number of fused-ring (bicyclic) bond motifs is 1. The number of ketones is 3. The Bertz CT molecular complexity index is 697. The number of benzene rings is 1. The highest BCUT2D eigenvalue weighted by Crippen LogP contribution is 2.35. The van der Waals surface area contributed by atoms with Gasteiger partial charge in [0, 0.05) is 23.1 Å². The van der Waals surface area contributed by atoms with Gasteiger partial charge >= 0.3 is 0 Å². The molecule has 2 rings (SSSR count). The summed E-state index contributed by atoms with van der Waals surface area (Å²) < 4.78 is 5.70. The molecule has 0 heterocycles. The molecule has 122 valence electrons. The zero-order valence-electron chi connectivity index (χ0n) is 14.2. The van der Waals surface area contributed by atoms with Gasteiger partial charge in [0.1, 0.15) is 11.5 Å². The summed E-state index contributed by atoms with van der Waals surface area (Å²) in [6.45, 7) is 9.01. The molecule has 2 atom stereocenters. The third-order valence-electron chi connectivity index (χ3n) is 4.32. The third kappa shape index (κ3) is 3.26. The van der Waals surface area contributed by atoms with Crippen LogP contribution in [-0.2, 0) is 14.3 Å². The monoisotopic (exact) mass is 314 g/mol. The number of hydrogen-bond acceptors (Lipinski definition) is 4. The second kappa shape index (κ2) is 6.49. The Morgan fingerprint density at radius 1 is 1.09 bits per heavy atom. The lowest BCUT2D eigenvalue weighted by Crippen LogP contribution is -2.25. The Morgan fingerprint density at radius 2 is 1.74 bits per heavy atom. The van der Waals surface area contributed by atoms with Crippen LogP contribution in [0.25, 0.3) is 5.76 Å². The second-order valence-corrected chi connectivity index (χ2v) is 6.33. The molecule has 0 radical (unpaired) electrons. The Kier molecular flexibility index (Phi) is 4.83. The molecule has 0 amide bonds. The number of carbonyl (C=O) groups excluding carboxylic acids is 3. The molecule has 1 aromatic rings. The van der Waals surface area contributed by atoms with E-state index < -0.39 is 11.6 Å². The first kappa shape index (κ1) is 17.1. The molecule has 4 nitrogen and oxygen atoms in total. The van der Waals surface area contributed by atoms with Crippen LogP contribution in [0.3, 0.4) is 0 Å². The van der Waals surface area contributed by atoms with Gasteiger partial charge in [-0.3, -0.25) is 14.4 Å². The van der Waals surface area contributed by atoms with Gasteiger partial charge in [0.05, 0.1) is 6.10 Å². The van der Waals surface area contributed by atoms with Crippen molar-refractivity contribution in [1.82, 2.24) is 0 Å². The molecule has 0 saturated carbocycles. The van der Waals surface area contributed by atoms with E-state index in [1.807, 2.05) is 39.8 Å². The molecule has 0 fully saturated rings. The topological polar surface area (TPSA) is 60.4 Å². The zero-order chi connectivity index (χ0) is 17.3. The van der Waals surface area contributed by atoms with Crippen molar-refractivity contribution in [3.8, 4) is 0 Å². The van der Waals surface area contributed by atoms with Crippen LogP contribution < -0.4 is 0 Å². The summed E-state index contributed by atoms with van der Waals surface area (Å²) in [5.41, 5.74) is 1.72. The van der Waals surface area contributed by atoms with E-state index in [0.717, 1.165) is 5.56 Å². The van der Waals surface area contributed by atoms with Crippen LogP contribution in [0.2, 0.25) is 0 Å². The van der Waals surface area contributed by atoms with Crippen LogP contribution in [0, 0.1) is 5.92 Å². The summed E-state index contributed by atoms with van der Waals surface area (Å²) in [4.78, 5) is 36.2. The molecule has 0 saturated heterocycles. The fraction of sp³-hybridized carbons (Fsp3) is 0.421. The zero-order valence-corrected chi connectivity index (χ0v) is 14.2. The maximum Gasteiger partial charge on any atom is 0.234 e. The van der Waals surface area contributed by atoms with Gasteiger partial charge in [-0.25, -0.2) is 0 Å². The van der Waals surface area contributed by atoms with Crippen molar-refractivity contribution >= 4 is 23.1 Å². The van der Waals surface area contributed by atoms with Gasteiger partial charge in [-0.2, -0.15) is 0 Å². The SMILES string of the molecule is CC(=O)C(C)C(C)c1cccc2c1C(=O)C(=O)C=C2OC(C)C. The van der Waals surface area contributed by atoms with Crippen molar-refractivity contribution in [2.75, 3.05) is 0 Å².